The molecule has 1 aromatic heterocycles. The number of aliphatic carboxylic acids is 1. The Morgan fingerprint density at radius 3 is 2.23 bits per heavy atom. The molecule has 0 fully saturated rings. The van der Waals surface area contributed by atoms with Crippen molar-refractivity contribution in [2.24, 2.45) is 0 Å². The number of ether oxygens (including phenoxy) is 2. The molecule has 0 unspecified atom stereocenters. The fourth-order valence-electron chi connectivity index (χ4n) is 4.74. The molecule has 0 bridgehead atoms. The van der Waals surface area contributed by atoms with E-state index in [0.29, 0.717) is 0 Å². The third-order valence-corrected chi connectivity index (χ3v) is 6.77. The van der Waals surface area contributed by atoms with Crippen LogP contribution in [0.2, 0.25) is 0 Å². The molecule has 0 radical (unpaired) electrons. The minimum absolute atomic E-state index is 0.0320. The molecule has 5 rings (SSSR count). The summed E-state index contributed by atoms with van der Waals surface area (Å²) in [5.74, 6) is -2.00. The van der Waals surface area contributed by atoms with Gasteiger partial charge in [-0.3, -0.25) is 15.2 Å². The van der Waals surface area contributed by atoms with E-state index < -0.39 is 30.1 Å². The minimum Gasteiger partial charge on any atom is -0.480 e. The molecule has 204 valence electrons. The summed E-state index contributed by atoms with van der Waals surface area (Å²) < 4.78 is 11.2. The molecule has 0 saturated heterocycles. The molecule has 1 aliphatic carbocycles. The van der Waals surface area contributed by atoms with Gasteiger partial charge in [-0.15, -0.1) is 0 Å². The molecule has 3 aromatic carbocycles. The van der Waals surface area contributed by atoms with Gasteiger partial charge in [0.25, 0.3) is 5.91 Å². The standard InChI is InChI=1S/C30H28N4O6/c1-18(39-16-19-9-3-2-4-10-19)27(29(36)37)32-28(35)25-15-26(34-33-25)31-30(38)40-17-24-22-13-7-5-11-20(22)21-12-6-8-14-23(21)24/h2-15,18,24,27H,16-17H2,1H3,(H,32,35)(H,36,37)(H2,31,33,34,38)/t18-,27+/m0/s1. The van der Waals surface area contributed by atoms with Crippen LogP contribution in [0, 0.1) is 0 Å². The van der Waals surface area contributed by atoms with Crippen molar-refractivity contribution in [1.82, 2.24) is 15.5 Å². The van der Waals surface area contributed by atoms with Crippen LogP contribution in [0.1, 0.15) is 40.0 Å². The van der Waals surface area contributed by atoms with E-state index >= 15 is 0 Å². The first-order valence-electron chi connectivity index (χ1n) is 12.8. The molecule has 0 aliphatic heterocycles. The number of hydrogen-bond donors (Lipinski definition) is 4. The molecular formula is C30H28N4O6. The molecule has 4 aromatic rings. The Kier molecular flexibility index (Phi) is 7.88. The minimum atomic E-state index is -1.31. The Morgan fingerprint density at radius 1 is 0.950 bits per heavy atom. The highest BCUT2D eigenvalue weighted by molar-refractivity contribution is 5.96. The van der Waals surface area contributed by atoms with Crippen molar-refractivity contribution >= 4 is 23.8 Å². The summed E-state index contributed by atoms with van der Waals surface area (Å²) in [6.45, 7) is 1.89. The maximum absolute atomic E-state index is 12.7. The number of H-pyrrole nitrogens is 1. The number of nitrogens with one attached hydrogen (secondary N) is 3. The van der Waals surface area contributed by atoms with Gasteiger partial charge in [0.2, 0.25) is 0 Å². The molecule has 10 heteroatoms. The zero-order chi connectivity index (χ0) is 28.1. The van der Waals surface area contributed by atoms with Gasteiger partial charge in [0.05, 0.1) is 12.7 Å². The number of aromatic nitrogens is 2. The molecule has 4 N–H and O–H groups in total. The van der Waals surface area contributed by atoms with Crippen LogP contribution in [0.25, 0.3) is 11.1 Å². The van der Waals surface area contributed by atoms with Crippen molar-refractivity contribution < 1.29 is 29.0 Å². The molecule has 0 spiro atoms. The fraction of sp³-hybridized carbons (Fsp3) is 0.200. The van der Waals surface area contributed by atoms with Crippen molar-refractivity contribution in [2.75, 3.05) is 11.9 Å². The molecule has 10 nitrogen and oxygen atoms in total. The van der Waals surface area contributed by atoms with E-state index in [1.165, 1.54) is 6.07 Å². The summed E-state index contributed by atoms with van der Waals surface area (Å²) in [7, 11) is 0. The number of carbonyl (C=O) groups excluding carboxylic acids is 2. The Labute approximate surface area is 230 Å². The highest BCUT2D eigenvalue weighted by Crippen LogP contribution is 2.44. The van der Waals surface area contributed by atoms with Crippen LogP contribution >= 0.6 is 0 Å². The predicted molar refractivity (Wildman–Crippen MR) is 147 cm³/mol. The molecule has 40 heavy (non-hydrogen) atoms. The van der Waals surface area contributed by atoms with Gasteiger partial charge in [-0.1, -0.05) is 78.9 Å². The number of carboxylic acids is 1. The van der Waals surface area contributed by atoms with Crippen molar-refractivity contribution in [2.45, 2.75) is 31.6 Å². The van der Waals surface area contributed by atoms with Crippen LogP contribution in [-0.2, 0) is 20.9 Å². The Balaban J connectivity index is 1.16. The van der Waals surface area contributed by atoms with E-state index in [2.05, 4.69) is 33.0 Å². The lowest BCUT2D eigenvalue weighted by atomic mass is 9.98. The summed E-state index contributed by atoms with van der Waals surface area (Å²) in [6.07, 6.45) is -1.55. The molecule has 1 heterocycles. The number of carbonyl (C=O) groups is 3. The van der Waals surface area contributed by atoms with Crippen LogP contribution in [0.3, 0.4) is 0 Å². The smallest absolute Gasteiger partial charge is 0.412 e. The molecule has 1 aliphatic rings. The molecule has 2 atom stereocenters. The predicted octanol–water partition coefficient (Wildman–Crippen LogP) is 4.56. The lowest BCUT2D eigenvalue weighted by Gasteiger charge is -2.21. The fourth-order valence-corrected chi connectivity index (χ4v) is 4.74. The largest absolute Gasteiger partial charge is 0.480 e. The van der Waals surface area contributed by atoms with Gasteiger partial charge < -0.3 is 19.9 Å². The van der Waals surface area contributed by atoms with E-state index in [1.54, 1.807) is 6.92 Å². The third kappa shape index (κ3) is 5.87. The molecule has 2 amide bonds. The SMILES string of the molecule is C[C@H](OCc1ccccc1)[C@@H](NC(=O)c1cc(NC(=O)OCC2c3ccccc3-c3ccccc32)n[nH]1)C(=O)O. The van der Waals surface area contributed by atoms with Crippen LogP contribution in [0.4, 0.5) is 10.6 Å². The lowest BCUT2D eigenvalue weighted by Crippen LogP contribution is -2.48. The van der Waals surface area contributed by atoms with Gasteiger partial charge in [-0.05, 0) is 34.7 Å². The number of nitrogens with zero attached hydrogens (tertiary/aromatic N) is 1. The topological polar surface area (TPSA) is 143 Å². The van der Waals surface area contributed by atoms with Crippen molar-refractivity contribution in [1.29, 1.82) is 0 Å². The Morgan fingerprint density at radius 2 is 1.57 bits per heavy atom. The summed E-state index contributed by atoms with van der Waals surface area (Å²) >= 11 is 0. The van der Waals surface area contributed by atoms with E-state index in [4.69, 9.17) is 9.47 Å². The van der Waals surface area contributed by atoms with Crippen LogP contribution in [-0.4, -0.2) is 52.0 Å². The third-order valence-electron chi connectivity index (χ3n) is 6.77. The number of aromatic amines is 1. The van der Waals surface area contributed by atoms with Gasteiger partial charge in [-0.25, -0.2) is 9.59 Å². The number of fused-ring (bicyclic) bond motifs is 3. The first-order valence-corrected chi connectivity index (χ1v) is 12.8. The van der Waals surface area contributed by atoms with E-state index in [9.17, 15) is 19.5 Å². The summed E-state index contributed by atoms with van der Waals surface area (Å²) in [5.41, 5.74) is 5.26. The van der Waals surface area contributed by atoms with Gasteiger partial charge in [0, 0.05) is 12.0 Å². The second-order valence-corrected chi connectivity index (χ2v) is 9.41. The van der Waals surface area contributed by atoms with Crippen LogP contribution in [0.5, 0.6) is 0 Å². The van der Waals surface area contributed by atoms with Gasteiger partial charge >= 0.3 is 12.1 Å². The van der Waals surface area contributed by atoms with Gasteiger partial charge in [0.15, 0.2) is 11.9 Å². The highest BCUT2D eigenvalue weighted by Gasteiger charge is 2.30. The number of rotatable bonds is 10. The van der Waals surface area contributed by atoms with Gasteiger partial charge in [0.1, 0.15) is 12.3 Å². The highest BCUT2D eigenvalue weighted by atomic mass is 16.5. The first-order chi connectivity index (χ1) is 19.4. The quantitative estimate of drug-likeness (QED) is 0.231. The molecule has 0 saturated carbocycles. The monoisotopic (exact) mass is 540 g/mol. The lowest BCUT2D eigenvalue weighted by molar-refractivity contribution is -0.143. The summed E-state index contributed by atoms with van der Waals surface area (Å²) in [6, 6.07) is 25.3. The van der Waals surface area contributed by atoms with Crippen LogP contribution < -0.4 is 10.6 Å². The Bertz CT molecular complexity index is 1470. The first kappa shape index (κ1) is 26.6. The normalized spacial score (nSPS) is 13.5. The van der Waals surface area contributed by atoms with E-state index in [0.717, 1.165) is 27.8 Å². The van der Waals surface area contributed by atoms with Crippen LogP contribution in [0.15, 0.2) is 84.9 Å². The summed E-state index contributed by atoms with van der Waals surface area (Å²) in [4.78, 5) is 37.1. The number of benzene rings is 3. The van der Waals surface area contributed by atoms with Gasteiger partial charge in [-0.2, -0.15) is 5.10 Å². The van der Waals surface area contributed by atoms with E-state index in [-0.39, 0.29) is 30.6 Å². The average molecular weight is 541 g/mol. The number of amides is 2. The number of hydrogen-bond acceptors (Lipinski definition) is 6. The number of anilines is 1. The second-order valence-electron chi connectivity index (χ2n) is 9.41. The maximum Gasteiger partial charge on any atom is 0.412 e. The van der Waals surface area contributed by atoms with Crippen molar-refractivity contribution in [3.8, 4) is 11.1 Å². The molecular weight excluding hydrogens is 512 g/mol. The zero-order valence-corrected chi connectivity index (χ0v) is 21.7. The van der Waals surface area contributed by atoms with E-state index in [1.807, 2.05) is 66.7 Å². The Hall–Kier alpha value is -4.96. The number of carboxylic acid groups (broad SMARTS) is 1. The van der Waals surface area contributed by atoms with Crippen molar-refractivity contribution in [3.63, 3.8) is 0 Å². The summed E-state index contributed by atoms with van der Waals surface area (Å²) in [5, 5.41) is 21.0. The maximum atomic E-state index is 12.7. The van der Waals surface area contributed by atoms with Crippen molar-refractivity contribution in [3.05, 3.63) is 107 Å². The zero-order valence-electron chi connectivity index (χ0n) is 21.7. The average Bonchev–Trinajstić information content (AvgIpc) is 3.56. The second kappa shape index (κ2) is 11.8.